The van der Waals surface area contributed by atoms with E-state index in [1.807, 2.05) is 30.5 Å². The highest BCUT2D eigenvalue weighted by molar-refractivity contribution is 7.98. The van der Waals surface area contributed by atoms with E-state index in [0.29, 0.717) is 11.3 Å². The third-order valence-corrected chi connectivity index (χ3v) is 5.86. The molecule has 2 aromatic rings. The fourth-order valence-electron chi connectivity index (χ4n) is 2.15. The predicted molar refractivity (Wildman–Crippen MR) is 103 cm³/mol. The van der Waals surface area contributed by atoms with Gasteiger partial charge in [0.05, 0.1) is 4.90 Å². The van der Waals surface area contributed by atoms with Crippen molar-refractivity contribution in [3.05, 3.63) is 59.7 Å². The van der Waals surface area contributed by atoms with Gasteiger partial charge >= 0.3 is 0 Å². The van der Waals surface area contributed by atoms with Crippen molar-refractivity contribution < 1.29 is 13.2 Å². The molecule has 0 aliphatic carbocycles. The third-order valence-electron chi connectivity index (χ3n) is 3.56. The standard InChI is InChI=1S/C18H20N2O3S2/c1-13-4-8-15(12-17(13)25(22,23)19-2)20-18(21)11-7-14-5-9-16(24-3)10-6-14/h4-12,19H,1-3H3,(H,20,21)/b11-7+. The lowest BCUT2D eigenvalue weighted by Crippen LogP contribution is -2.20. The van der Waals surface area contributed by atoms with Gasteiger partial charge in [-0.2, -0.15) is 0 Å². The number of nitrogens with one attached hydrogen (secondary N) is 2. The van der Waals surface area contributed by atoms with Gasteiger partial charge in [0.15, 0.2) is 0 Å². The SMILES string of the molecule is CNS(=O)(=O)c1cc(NC(=O)/C=C/c2ccc(SC)cc2)ccc1C. The summed E-state index contributed by atoms with van der Waals surface area (Å²) >= 11 is 1.65. The van der Waals surface area contributed by atoms with Gasteiger partial charge in [-0.3, -0.25) is 4.79 Å². The van der Waals surface area contributed by atoms with Crippen LogP contribution in [0.5, 0.6) is 0 Å². The number of aryl methyl sites for hydroxylation is 1. The van der Waals surface area contributed by atoms with Gasteiger partial charge in [-0.1, -0.05) is 18.2 Å². The molecule has 5 nitrogen and oxygen atoms in total. The second kappa shape index (κ2) is 8.33. The van der Waals surface area contributed by atoms with E-state index < -0.39 is 10.0 Å². The summed E-state index contributed by atoms with van der Waals surface area (Å²) in [7, 11) is -2.22. The van der Waals surface area contributed by atoms with Crippen molar-refractivity contribution in [2.75, 3.05) is 18.6 Å². The Bertz CT molecular complexity index is 889. The second-order valence-electron chi connectivity index (χ2n) is 5.28. The number of hydrogen-bond donors (Lipinski definition) is 2. The van der Waals surface area contributed by atoms with Crippen LogP contribution >= 0.6 is 11.8 Å². The van der Waals surface area contributed by atoms with Gasteiger partial charge < -0.3 is 5.32 Å². The maximum Gasteiger partial charge on any atom is 0.248 e. The van der Waals surface area contributed by atoms with Crippen molar-refractivity contribution in [2.24, 2.45) is 0 Å². The van der Waals surface area contributed by atoms with Gasteiger partial charge in [0.2, 0.25) is 15.9 Å². The Morgan fingerprint density at radius 3 is 2.40 bits per heavy atom. The van der Waals surface area contributed by atoms with Gasteiger partial charge in [0, 0.05) is 16.7 Å². The average Bonchev–Trinajstić information content (AvgIpc) is 2.62. The zero-order valence-corrected chi connectivity index (χ0v) is 15.9. The van der Waals surface area contributed by atoms with Crippen LogP contribution in [0.15, 0.2) is 58.3 Å². The summed E-state index contributed by atoms with van der Waals surface area (Å²) in [6.45, 7) is 1.70. The molecule has 0 saturated heterocycles. The number of carbonyl (C=O) groups is 1. The zero-order valence-electron chi connectivity index (χ0n) is 14.2. The number of thioether (sulfide) groups is 1. The summed E-state index contributed by atoms with van der Waals surface area (Å²) in [6.07, 6.45) is 5.13. The molecule has 0 atom stereocenters. The average molecular weight is 377 g/mol. The molecule has 1 amide bonds. The Hall–Kier alpha value is -2.09. The summed E-state index contributed by atoms with van der Waals surface area (Å²) in [5.41, 5.74) is 1.94. The molecule has 0 aliphatic rings. The second-order valence-corrected chi connectivity index (χ2v) is 8.02. The van der Waals surface area contributed by atoms with E-state index in [4.69, 9.17) is 0 Å². The molecule has 0 fully saturated rings. The number of hydrogen-bond acceptors (Lipinski definition) is 4. The zero-order chi connectivity index (χ0) is 18.4. The minimum absolute atomic E-state index is 0.143. The predicted octanol–water partition coefficient (Wildman–Crippen LogP) is 3.28. The van der Waals surface area contributed by atoms with Gasteiger partial charge in [-0.25, -0.2) is 13.1 Å². The van der Waals surface area contributed by atoms with Gasteiger partial charge in [-0.05, 0) is 61.7 Å². The van der Waals surface area contributed by atoms with Gasteiger partial charge in [0.25, 0.3) is 0 Å². The third kappa shape index (κ3) is 5.19. The summed E-state index contributed by atoms with van der Waals surface area (Å²) in [6, 6.07) is 12.6. The van der Waals surface area contributed by atoms with E-state index in [0.717, 1.165) is 10.5 Å². The molecule has 132 valence electrons. The molecule has 2 aromatic carbocycles. The van der Waals surface area contributed by atoms with E-state index in [2.05, 4.69) is 10.0 Å². The fraction of sp³-hybridized carbons (Fsp3) is 0.167. The molecule has 0 unspecified atom stereocenters. The van der Waals surface area contributed by atoms with E-state index in [1.54, 1.807) is 36.9 Å². The number of sulfonamides is 1. The number of benzene rings is 2. The summed E-state index contributed by atoms with van der Waals surface area (Å²) in [5.74, 6) is -0.328. The first kappa shape index (κ1) is 19.2. The topological polar surface area (TPSA) is 75.3 Å². The van der Waals surface area contributed by atoms with Crippen LogP contribution in [0, 0.1) is 6.92 Å². The van der Waals surface area contributed by atoms with Gasteiger partial charge in [0.1, 0.15) is 0 Å². The largest absolute Gasteiger partial charge is 0.322 e. The van der Waals surface area contributed by atoms with Crippen molar-refractivity contribution in [3.8, 4) is 0 Å². The minimum Gasteiger partial charge on any atom is -0.322 e. The fourth-order valence-corrected chi connectivity index (χ4v) is 3.55. The Balaban J connectivity index is 2.12. The lowest BCUT2D eigenvalue weighted by molar-refractivity contribution is -0.111. The molecule has 2 N–H and O–H groups in total. The van der Waals surface area contributed by atoms with Gasteiger partial charge in [-0.15, -0.1) is 11.8 Å². The highest BCUT2D eigenvalue weighted by atomic mass is 32.2. The van der Waals surface area contributed by atoms with Crippen LogP contribution in [0.25, 0.3) is 6.08 Å². The van der Waals surface area contributed by atoms with Crippen LogP contribution in [0.1, 0.15) is 11.1 Å². The molecule has 0 saturated carbocycles. The lowest BCUT2D eigenvalue weighted by Gasteiger charge is -2.09. The highest BCUT2D eigenvalue weighted by Crippen LogP contribution is 2.20. The maximum atomic E-state index is 12.1. The van der Waals surface area contributed by atoms with Crippen molar-refractivity contribution in [3.63, 3.8) is 0 Å². The lowest BCUT2D eigenvalue weighted by atomic mass is 10.2. The summed E-state index contributed by atoms with van der Waals surface area (Å²) < 4.78 is 26.2. The monoisotopic (exact) mass is 376 g/mol. The molecular formula is C18H20N2O3S2. The first-order chi connectivity index (χ1) is 11.9. The molecular weight excluding hydrogens is 356 g/mol. The van der Waals surface area contributed by atoms with Crippen LogP contribution in [-0.4, -0.2) is 27.6 Å². The molecule has 0 heterocycles. The van der Waals surface area contributed by atoms with Crippen LogP contribution in [0.2, 0.25) is 0 Å². The first-order valence-electron chi connectivity index (χ1n) is 7.53. The molecule has 7 heteroatoms. The summed E-state index contributed by atoms with van der Waals surface area (Å²) in [5, 5.41) is 2.68. The van der Waals surface area contributed by atoms with Crippen LogP contribution in [0.3, 0.4) is 0 Å². The minimum atomic E-state index is -3.57. The normalized spacial score (nSPS) is 11.6. The number of carbonyl (C=O) groups excluding carboxylic acids is 1. The Morgan fingerprint density at radius 1 is 1.12 bits per heavy atom. The Morgan fingerprint density at radius 2 is 1.80 bits per heavy atom. The van der Waals surface area contributed by atoms with Crippen LogP contribution in [0.4, 0.5) is 5.69 Å². The van der Waals surface area contributed by atoms with E-state index in [1.165, 1.54) is 19.2 Å². The van der Waals surface area contributed by atoms with Crippen LogP contribution in [-0.2, 0) is 14.8 Å². The van der Waals surface area contributed by atoms with Crippen molar-refractivity contribution >= 4 is 39.5 Å². The maximum absolute atomic E-state index is 12.1. The number of anilines is 1. The van der Waals surface area contributed by atoms with Crippen molar-refractivity contribution in [2.45, 2.75) is 16.7 Å². The van der Waals surface area contributed by atoms with Crippen molar-refractivity contribution in [1.82, 2.24) is 4.72 Å². The quantitative estimate of drug-likeness (QED) is 0.599. The van der Waals surface area contributed by atoms with Crippen LogP contribution < -0.4 is 10.0 Å². The molecule has 0 aliphatic heterocycles. The molecule has 0 radical (unpaired) electrons. The Labute approximate surface area is 152 Å². The molecule has 0 spiro atoms. The highest BCUT2D eigenvalue weighted by Gasteiger charge is 2.15. The number of amides is 1. The Kier molecular flexibility index (Phi) is 6.41. The molecule has 0 aromatic heterocycles. The number of rotatable bonds is 6. The first-order valence-corrected chi connectivity index (χ1v) is 10.2. The molecule has 0 bridgehead atoms. The van der Waals surface area contributed by atoms with E-state index >= 15 is 0 Å². The smallest absolute Gasteiger partial charge is 0.248 e. The van der Waals surface area contributed by atoms with E-state index in [9.17, 15) is 13.2 Å². The van der Waals surface area contributed by atoms with Crippen molar-refractivity contribution in [1.29, 1.82) is 0 Å². The summed E-state index contributed by atoms with van der Waals surface area (Å²) in [4.78, 5) is 13.4. The molecule has 25 heavy (non-hydrogen) atoms. The molecule has 2 rings (SSSR count). The van der Waals surface area contributed by atoms with E-state index in [-0.39, 0.29) is 10.8 Å².